The van der Waals surface area contributed by atoms with Crippen molar-refractivity contribution < 1.29 is 34.6 Å². The molecule has 1 aliphatic heterocycles. The number of primary sulfonamides is 1. The number of hydrogen-bond donors (Lipinski definition) is 9. The van der Waals surface area contributed by atoms with E-state index in [2.05, 4.69) is 145 Å². The maximum atomic E-state index is 12.6. The van der Waals surface area contributed by atoms with Crippen LogP contribution in [-0.4, -0.2) is 123 Å². The van der Waals surface area contributed by atoms with Crippen LogP contribution in [0.3, 0.4) is 0 Å². The number of nitrogens with zero attached hydrogens (tertiary/aromatic N) is 9. The van der Waals surface area contributed by atoms with Gasteiger partial charge < -0.3 is 25.3 Å². The number of halogens is 1. The lowest BCUT2D eigenvalue weighted by molar-refractivity contribution is 0.00578. The molecule has 526 valence electrons. The zero-order valence-electron chi connectivity index (χ0n) is 57.3. The smallest absolute Gasteiger partial charge is 0.399 e. The number of nitrogens with two attached hydrogens (primary N) is 1. The summed E-state index contributed by atoms with van der Waals surface area (Å²) in [6.45, 7) is 25.3. The van der Waals surface area contributed by atoms with Gasteiger partial charge in [-0.3, -0.25) is 15.3 Å². The van der Waals surface area contributed by atoms with Gasteiger partial charge in [-0.2, -0.15) is 15.3 Å². The summed E-state index contributed by atoms with van der Waals surface area (Å²) in [6, 6.07) is 15.6. The first-order valence-corrected chi connectivity index (χ1v) is 42.9. The molecule has 3 aliphatic carbocycles. The molecule has 13 rings (SSSR count). The number of sulfonamides is 3. The second-order valence-electron chi connectivity index (χ2n) is 28.2. The normalized spacial score (nSPS) is 15.9. The van der Waals surface area contributed by atoms with Crippen molar-refractivity contribution >= 4 is 135 Å². The van der Waals surface area contributed by atoms with Crippen molar-refractivity contribution in [2.45, 2.75) is 180 Å². The van der Waals surface area contributed by atoms with Gasteiger partial charge in [0.2, 0.25) is 10.0 Å². The van der Waals surface area contributed by atoms with Crippen LogP contribution in [0.2, 0.25) is 19.6 Å². The number of rotatable bonds is 17. The molecule has 4 fully saturated rings. The molecule has 0 spiro atoms. The molecule has 4 aliphatic rings. The lowest BCUT2D eigenvalue weighted by Gasteiger charge is -2.32. The molecule has 0 atom stereocenters. The van der Waals surface area contributed by atoms with Crippen LogP contribution in [0, 0.1) is 36.2 Å². The minimum absolute atomic E-state index is 0.0491. The van der Waals surface area contributed by atoms with Crippen molar-refractivity contribution in [3.05, 3.63) is 112 Å². The van der Waals surface area contributed by atoms with Crippen molar-refractivity contribution in [2.24, 2.45) is 5.14 Å². The van der Waals surface area contributed by atoms with Crippen molar-refractivity contribution in [3.63, 3.8) is 0 Å². The Hall–Kier alpha value is -7.54. The Kier molecular flexibility index (Phi) is 22.1. The predicted molar refractivity (Wildman–Crippen MR) is 400 cm³/mol. The van der Waals surface area contributed by atoms with Gasteiger partial charge in [-0.15, -0.1) is 52.4 Å². The van der Waals surface area contributed by atoms with Gasteiger partial charge in [-0.05, 0) is 154 Å². The van der Waals surface area contributed by atoms with E-state index in [0.717, 1.165) is 50.2 Å². The summed E-state index contributed by atoms with van der Waals surface area (Å²) in [7, 11) is -12.9. The molecular formula is C65H78BBrN18O8S6Si. The number of anilines is 6. The fourth-order valence-corrected chi connectivity index (χ4v) is 17.1. The van der Waals surface area contributed by atoms with Crippen LogP contribution in [0.1, 0.15) is 159 Å². The summed E-state index contributed by atoms with van der Waals surface area (Å²) in [5, 5.41) is 36.6. The molecule has 9 aromatic rings. The Balaban J connectivity index is 0.000000145. The fraction of sp³-hybridized carbons (Fsp3) is 0.400. The molecule has 1 saturated heterocycles. The van der Waals surface area contributed by atoms with Gasteiger partial charge in [-0.25, -0.2) is 69.7 Å². The molecule has 0 radical (unpaired) electrons. The van der Waals surface area contributed by atoms with Crippen molar-refractivity contribution in [1.82, 2.24) is 69.9 Å². The van der Waals surface area contributed by atoms with E-state index in [-0.39, 0.29) is 12.6 Å². The number of H-pyrrole nitrogens is 3. The Bertz CT molecular complexity index is 4980. The molecular weight excluding hydrogens is 1470 g/mol. The number of aromatic nitrogens is 12. The SMILES string of the molecule is C#Cc1cnc(-c2ccc(S(=O)(=O)NC(C)(C)C)s2)nc1Nc1cc(C2CC2)[nH]n1.C#Cc1cnc(-c2ccc(S(N)(=O)=O)s2)nc1Nc1cc(C2CC2)[nH]n1.CC(C)(C)NS(=O)(=O)c1ccc(B2OC(C)(C)C(C)(C)O2)s1.C[Si](C)(C)C#Cc1cnc(Br)nc1Nc1cc(C2CC2)[nH]n1. The van der Waals surface area contributed by atoms with E-state index >= 15 is 0 Å². The van der Waals surface area contributed by atoms with Crippen molar-refractivity contribution in [3.8, 4) is 57.6 Å². The van der Waals surface area contributed by atoms with Crippen LogP contribution in [0.5, 0.6) is 0 Å². The van der Waals surface area contributed by atoms with Gasteiger partial charge in [0.05, 0.1) is 37.6 Å². The number of thiophene rings is 3. The average molecular weight is 1550 g/mol. The Labute approximate surface area is 605 Å². The summed E-state index contributed by atoms with van der Waals surface area (Å²) in [6.07, 6.45) is 23.1. The highest BCUT2D eigenvalue weighted by Crippen LogP contribution is 2.43. The van der Waals surface area contributed by atoms with E-state index in [1.165, 1.54) is 67.8 Å². The molecule has 0 amide bonds. The minimum atomic E-state index is -3.76. The Morgan fingerprint density at radius 3 is 1.34 bits per heavy atom. The maximum Gasteiger partial charge on any atom is 0.505 e. The molecule has 100 heavy (non-hydrogen) atoms. The van der Waals surface area contributed by atoms with Crippen LogP contribution in [-0.2, 0) is 39.4 Å². The lowest BCUT2D eigenvalue weighted by atomic mass is 9.88. The summed E-state index contributed by atoms with van der Waals surface area (Å²) >= 11 is 6.59. The number of nitrogens with one attached hydrogen (secondary N) is 8. The predicted octanol–water partition coefficient (Wildman–Crippen LogP) is 11.7. The highest BCUT2D eigenvalue weighted by molar-refractivity contribution is 9.10. The second kappa shape index (κ2) is 29.4. The van der Waals surface area contributed by atoms with E-state index < -0.39 is 67.5 Å². The highest BCUT2D eigenvalue weighted by Gasteiger charge is 2.52. The zero-order valence-corrected chi connectivity index (χ0v) is 64.8. The van der Waals surface area contributed by atoms with E-state index in [1.807, 2.05) is 66.7 Å². The molecule has 3 saturated carbocycles. The molecule has 0 unspecified atom stereocenters. The molecule has 10 N–H and O–H groups in total. The third-order valence-electron chi connectivity index (χ3n) is 15.2. The van der Waals surface area contributed by atoms with Crippen molar-refractivity contribution in [2.75, 3.05) is 16.0 Å². The summed E-state index contributed by atoms with van der Waals surface area (Å²) in [5.41, 5.74) is 6.49. The summed E-state index contributed by atoms with van der Waals surface area (Å²) in [4.78, 5) is 27.2. The van der Waals surface area contributed by atoms with Crippen LogP contribution in [0.25, 0.3) is 21.4 Å². The number of terminal acetylenes is 2. The van der Waals surface area contributed by atoms with Gasteiger partial charge in [0.25, 0.3) is 20.0 Å². The molecule has 35 heteroatoms. The van der Waals surface area contributed by atoms with E-state index in [1.54, 1.807) is 63.5 Å². The first kappa shape index (κ1) is 75.1. The number of hydrogen-bond acceptors (Lipinski definition) is 23. The second-order valence-corrected chi connectivity index (χ2v) is 42.5. The monoisotopic (exact) mass is 1550 g/mol. The van der Waals surface area contributed by atoms with E-state index in [4.69, 9.17) is 27.3 Å². The average Bonchev–Trinajstić information content (AvgIpc) is 1.61. The summed E-state index contributed by atoms with van der Waals surface area (Å²) in [5.74, 6) is 14.3. The quantitative estimate of drug-likeness (QED) is 0.0232. The zero-order chi connectivity index (χ0) is 72.5. The largest absolute Gasteiger partial charge is 0.505 e. The third kappa shape index (κ3) is 20.2. The van der Waals surface area contributed by atoms with Gasteiger partial charge in [0, 0.05) is 87.5 Å². The Morgan fingerprint density at radius 2 is 0.960 bits per heavy atom. The van der Waals surface area contributed by atoms with E-state index in [9.17, 15) is 25.3 Å². The molecule has 10 heterocycles. The first-order valence-electron chi connectivity index (χ1n) is 31.7. The first-order chi connectivity index (χ1) is 46.7. The molecule has 9 aromatic heterocycles. The Morgan fingerprint density at radius 1 is 0.580 bits per heavy atom. The van der Waals surface area contributed by atoms with Crippen molar-refractivity contribution in [1.29, 1.82) is 0 Å². The highest BCUT2D eigenvalue weighted by atomic mass is 79.9. The summed E-state index contributed by atoms with van der Waals surface area (Å²) < 4.78 is 91.7. The molecule has 0 bridgehead atoms. The van der Waals surface area contributed by atoms with Crippen LogP contribution < -0.4 is 35.3 Å². The van der Waals surface area contributed by atoms with Gasteiger partial charge in [0.1, 0.15) is 20.7 Å². The lowest BCUT2D eigenvalue weighted by Crippen LogP contribution is -2.41. The van der Waals surface area contributed by atoms with Crippen LogP contribution >= 0.6 is 49.9 Å². The van der Waals surface area contributed by atoms with Crippen LogP contribution in [0.15, 0.2) is 90.5 Å². The molecule has 26 nitrogen and oxygen atoms in total. The standard InChI is InChI=1S/C20H22N6O2S2.C16H14N6O2S2.C15H18BrN5Si.C14H24BNO4S2/c1-5-12-11-21-19(15-8-9-17(29-15)30(27,28)26-20(2,3)4)23-18(12)22-16-10-14(24-25-16)13-6-7-13;1-2-9-8-18-16(12-5-6-14(25-12)26(17,23)24)20-15(9)19-13-7-11(21-22-13)10-3-4-10;1-22(2,3)7-6-11-9-17-15(16)19-14(11)18-13-8-12(20-21-13)10-4-5-10;1-12(2,3)16-22(17,18)11-9-8-10(21-11)15-19-13(4,5)14(6,7)20-15/h1,8-11,13,26H,6-7H2,2-4H3,(H2,21,22,23,24,25);1,5-8,10H,3-4H2,(H2,17,23,24)(H2,18,19,20,21,22);8-10H,4-5H2,1-3H3,(H2,17,18,19,20,21);8-9,16H,1-7H3. The van der Waals surface area contributed by atoms with Gasteiger partial charge >= 0.3 is 7.12 Å². The number of aromatic amines is 3. The van der Waals surface area contributed by atoms with E-state index in [0.29, 0.717) is 84.1 Å². The third-order valence-corrected chi connectivity index (χ3v) is 25.7. The molecule has 0 aromatic carbocycles. The maximum absolute atomic E-state index is 12.6. The van der Waals surface area contributed by atoms with Gasteiger partial charge in [0.15, 0.2) is 51.3 Å². The minimum Gasteiger partial charge on any atom is -0.399 e. The topological polar surface area (TPSA) is 370 Å². The van der Waals surface area contributed by atoms with Crippen LogP contribution in [0.4, 0.5) is 34.9 Å². The van der Waals surface area contributed by atoms with Gasteiger partial charge in [-0.1, -0.05) is 43.5 Å². The fourth-order valence-electron chi connectivity index (χ4n) is 9.23.